The third-order valence-corrected chi connectivity index (χ3v) is 8.96. The van der Waals surface area contributed by atoms with Crippen LogP contribution in [0.4, 0.5) is 30.5 Å². The molecule has 4 heterocycles. The first-order valence-electron chi connectivity index (χ1n) is 11.3. The molecule has 5 rings (SSSR count). The maximum absolute atomic E-state index is 15.2. The van der Waals surface area contributed by atoms with Crippen LogP contribution in [0.3, 0.4) is 0 Å². The monoisotopic (exact) mass is 617 g/mol. The van der Waals surface area contributed by atoms with E-state index in [2.05, 4.69) is 28.9 Å². The van der Waals surface area contributed by atoms with Gasteiger partial charge < -0.3 is 0 Å². The van der Waals surface area contributed by atoms with Crippen LogP contribution in [0, 0.1) is 11.3 Å². The molecule has 2 saturated heterocycles. The van der Waals surface area contributed by atoms with Crippen molar-refractivity contribution in [3.8, 4) is 17.0 Å². The molecule has 1 aromatic carbocycles. The number of ether oxygens (including phenoxy) is 2. The Bertz CT molecular complexity index is 1260. The third kappa shape index (κ3) is 4.80. The second-order valence-corrected chi connectivity index (χ2v) is 11.2. The molecule has 3 aromatic rings. The molecular weight excluding hydrogens is 592 g/mol. The number of aromatic nitrogens is 3. The van der Waals surface area contributed by atoms with Crippen molar-refractivity contribution in [2.24, 2.45) is 5.11 Å². The van der Waals surface area contributed by atoms with Gasteiger partial charge in [-0.1, -0.05) is 0 Å². The number of fused-ring (bicyclic) bond motifs is 1. The minimum atomic E-state index is -0.925. The van der Waals surface area contributed by atoms with Crippen LogP contribution in [-0.4, -0.2) is 82.3 Å². The van der Waals surface area contributed by atoms with Gasteiger partial charge in [0.15, 0.2) is 0 Å². The van der Waals surface area contributed by atoms with Crippen molar-refractivity contribution in [2.75, 3.05) is 55.5 Å². The molecule has 2 atom stereocenters. The Hall–Kier alpha value is -2.72. The Balaban J connectivity index is 1.41. The van der Waals surface area contributed by atoms with Crippen molar-refractivity contribution >= 4 is 22.8 Å². The molecule has 0 radical (unpaired) electrons. The molecule has 194 valence electrons. The Morgan fingerprint density at radius 1 is 1.33 bits per heavy atom. The molecule has 2 aromatic heterocycles. The Labute approximate surface area is 215 Å². The maximum atomic E-state index is 15.2. The number of methoxy groups -OCH3 is 1. The summed E-state index contributed by atoms with van der Waals surface area (Å²) in [5, 5.41) is 10.7. The van der Waals surface area contributed by atoms with Gasteiger partial charge in [-0.2, -0.15) is 0 Å². The quantitative estimate of drug-likeness (QED) is 0.131. The van der Waals surface area contributed by atoms with Crippen molar-refractivity contribution in [3.05, 3.63) is 30.2 Å². The molecule has 10 nitrogen and oxygen atoms in total. The molecule has 0 saturated carbocycles. The average Bonchev–Trinajstić information content (AvgIpc) is 3.37. The summed E-state index contributed by atoms with van der Waals surface area (Å²) < 4.78 is 57.6. The number of rotatable bonds is 10. The van der Waals surface area contributed by atoms with Crippen LogP contribution in [-0.2, 0) is 4.74 Å². The summed E-state index contributed by atoms with van der Waals surface area (Å²) >= 11 is -0.831. The first-order valence-corrected chi connectivity index (χ1v) is 13.6. The van der Waals surface area contributed by atoms with E-state index in [1.54, 1.807) is 18.2 Å². The van der Waals surface area contributed by atoms with E-state index in [-0.39, 0.29) is 27.9 Å². The fraction of sp³-hybridized carbons (Fsp3) is 0.455. The van der Waals surface area contributed by atoms with Gasteiger partial charge in [-0.3, -0.25) is 0 Å². The molecule has 0 aliphatic carbocycles. The van der Waals surface area contributed by atoms with Gasteiger partial charge in [-0.25, -0.2) is 4.39 Å². The molecular formula is C22H25F3IN8O2-. The second-order valence-electron chi connectivity index (χ2n) is 8.43. The van der Waals surface area contributed by atoms with Crippen LogP contribution in [0.15, 0.2) is 29.5 Å². The molecule has 2 fully saturated rings. The summed E-state index contributed by atoms with van der Waals surface area (Å²) in [4.78, 5) is 6.55. The molecule has 3 N–H and O–H groups in total. The average molecular weight is 617 g/mol. The van der Waals surface area contributed by atoms with Crippen LogP contribution in [0.1, 0.15) is 0 Å². The van der Waals surface area contributed by atoms with Gasteiger partial charge in [0.05, 0.1) is 0 Å². The number of halogens is 4. The zero-order chi connectivity index (χ0) is 25.2. The number of benzene rings is 1. The Morgan fingerprint density at radius 2 is 2.17 bits per heavy atom. The van der Waals surface area contributed by atoms with E-state index in [9.17, 15) is 8.78 Å². The number of hydrogen-bond donors (Lipinski definition) is 3. The summed E-state index contributed by atoms with van der Waals surface area (Å²) in [6.45, 7) is 1.79. The van der Waals surface area contributed by atoms with Gasteiger partial charge in [0.25, 0.3) is 0 Å². The Kier molecular flexibility index (Phi) is 7.43. The number of anilines is 2. The van der Waals surface area contributed by atoms with Crippen LogP contribution < -0.4 is 35.1 Å². The van der Waals surface area contributed by atoms with Crippen molar-refractivity contribution in [2.45, 2.75) is 16.1 Å². The summed E-state index contributed by atoms with van der Waals surface area (Å²) in [5.41, 5.74) is 9.00. The topological polar surface area (TPSA) is 112 Å². The predicted molar refractivity (Wildman–Crippen MR) is 123 cm³/mol. The predicted octanol–water partition coefficient (Wildman–Crippen LogP) is 0.425. The number of nitrogens with one attached hydrogen (secondary N) is 3. The number of alkyl halides is 3. The molecule has 36 heavy (non-hydrogen) atoms. The fourth-order valence-corrected chi connectivity index (χ4v) is 6.52. The fourth-order valence-electron chi connectivity index (χ4n) is 4.30. The van der Waals surface area contributed by atoms with Gasteiger partial charge in [-0.15, -0.1) is 0 Å². The Morgan fingerprint density at radius 3 is 2.86 bits per heavy atom. The second kappa shape index (κ2) is 10.7. The van der Waals surface area contributed by atoms with Gasteiger partial charge in [-0.05, 0) is 0 Å². The zero-order valence-electron chi connectivity index (χ0n) is 19.3. The third-order valence-electron chi connectivity index (χ3n) is 6.19. The van der Waals surface area contributed by atoms with Gasteiger partial charge >= 0.3 is 212 Å². The van der Waals surface area contributed by atoms with E-state index in [1.807, 2.05) is 0 Å². The molecule has 1 unspecified atom stereocenters. The molecule has 0 bridgehead atoms. The van der Waals surface area contributed by atoms with E-state index in [4.69, 9.17) is 15.0 Å². The first-order chi connectivity index (χ1) is 17.5. The van der Waals surface area contributed by atoms with E-state index >= 15 is 4.39 Å². The summed E-state index contributed by atoms with van der Waals surface area (Å²) in [7, 11) is 1.43. The summed E-state index contributed by atoms with van der Waals surface area (Å²) in [6, 6.07) is 5.05. The molecule has 2 aliphatic rings. The standard InChI is InChI=1S/C22H25F3IN8O2/c1-35-21-20-19(12-2-3-17(31-27)18(6-12)28-5-4-23)15(25)8-34(20)32-22(29-21)30-26-16-9-33(7-14(16)24)13-10-36-11-13/h2-3,6,8,13-14,16,27-28H,4-5,7,9-11H2,1H3,(H,30,32)/q-1/t14-,16?/m0/s1. The number of nitrogens with zero attached hydrogens (tertiary/aromatic N) is 5. The van der Waals surface area contributed by atoms with E-state index in [0.717, 1.165) is 0 Å². The van der Waals surface area contributed by atoms with E-state index < -0.39 is 40.1 Å². The molecule has 14 heteroatoms. The van der Waals surface area contributed by atoms with Crippen molar-refractivity contribution in [1.82, 2.24) is 19.5 Å². The van der Waals surface area contributed by atoms with Crippen molar-refractivity contribution < 1.29 is 44.1 Å². The zero-order valence-corrected chi connectivity index (χ0v) is 21.5. The normalized spacial score (nSPS) is 20.6. The van der Waals surface area contributed by atoms with E-state index in [0.29, 0.717) is 54.8 Å². The van der Waals surface area contributed by atoms with Crippen molar-refractivity contribution in [3.63, 3.8) is 0 Å². The van der Waals surface area contributed by atoms with Gasteiger partial charge in [0.2, 0.25) is 0 Å². The summed E-state index contributed by atoms with van der Waals surface area (Å²) in [5.74, 6) is -0.168. The first kappa shape index (κ1) is 25.0. The summed E-state index contributed by atoms with van der Waals surface area (Å²) in [6.07, 6.45) is 0.299. The van der Waals surface area contributed by atoms with Gasteiger partial charge in [0, 0.05) is 0 Å². The van der Waals surface area contributed by atoms with Gasteiger partial charge in [0.1, 0.15) is 0 Å². The molecule has 0 amide bonds. The van der Waals surface area contributed by atoms with Crippen LogP contribution in [0.25, 0.3) is 16.6 Å². The van der Waals surface area contributed by atoms with Crippen LogP contribution in [0.5, 0.6) is 5.88 Å². The van der Waals surface area contributed by atoms with Crippen LogP contribution >= 0.6 is 0 Å². The van der Waals surface area contributed by atoms with Crippen LogP contribution in [0.2, 0.25) is 0 Å². The number of likely N-dealkylation sites (tertiary alicyclic amines) is 1. The van der Waals surface area contributed by atoms with Crippen molar-refractivity contribution in [1.29, 1.82) is 5.53 Å². The minimum absolute atomic E-state index is 0.0302. The SMILES string of the molecule is COc1nc(N[I-]C2CN(C3COC3)C[C@@H]2F)nn2cc(F)c(-c3ccc(N=N)c(NCCF)c3)c12. The van der Waals surface area contributed by atoms with E-state index in [1.165, 1.54) is 17.8 Å². The molecule has 2 aliphatic heterocycles. The number of hydrogen-bond acceptors (Lipinski definition) is 9. The molecule has 0 spiro atoms.